The highest BCUT2D eigenvalue weighted by atomic mass is 32.1. The van der Waals surface area contributed by atoms with Crippen molar-refractivity contribution in [1.29, 1.82) is 0 Å². The standard InChI is InChI=1S/C23H19F3N2O3S/c24-23(25,26)17-7-5-8-18(15-17)27-22(32)28-21(29)16-6-4-11-20(14-16)31-13-12-30-19-9-2-1-3-10-19/h1-11,14-15H,12-13H2,(H2,27,28,29,32). The zero-order valence-corrected chi connectivity index (χ0v) is 17.5. The van der Waals surface area contributed by atoms with Crippen LogP contribution in [0.1, 0.15) is 15.9 Å². The molecule has 0 heterocycles. The first-order valence-corrected chi connectivity index (χ1v) is 9.92. The molecule has 166 valence electrons. The lowest BCUT2D eigenvalue weighted by molar-refractivity contribution is -0.137. The third kappa shape index (κ3) is 6.98. The molecule has 3 aromatic rings. The quantitative estimate of drug-likeness (QED) is 0.371. The van der Waals surface area contributed by atoms with Crippen molar-refractivity contribution in [3.8, 4) is 11.5 Å². The number of alkyl halides is 3. The summed E-state index contributed by atoms with van der Waals surface area (Å²) in [6.07, 6.45) is -4.48. The predicted octanol–water partition coefficient (Wildman–Crippen LogP) is 5.29. The molecular formula is C23H19F3N2O3S. The lowest BCUT2D eigenvalue weighted by Crippen LogP contribution is -2.34. The summed E-state index contributed by atoms with van der Waals surface area (Å²) in [6.45, 7) is 0.598. The summed E-state index contributed by atoms with van der Waals surface area (Å²) >= 11 is 5.04. The summed E-state index contributed by atoms with van der Waals surface area (Å²) in [5.74, 6) is 0.664. The minimum atomic E-state index is -4.48. The lowest BCUT2D eigenvalue weighted by atomic mass is 10.2. The maximum absolute atomic E-state index is 12.8. The molecule has 0 fully saturated rings. The lowest BCUT2D eigenvalue weighted by Gasteiger charge is -2.13. The van der Waals surface area contributed by atoms with Gasteiger partial charge >= 0.3 is 6.18 Å². The number of rotatable bonds is 7. The van der Waals surface area contributed by atoms with Gasteiger partial charge in [0, 0.05) is 11.3 Å². The summed E-state index contributed by atoms with van der Waals surface area (Å²) in [4.78, 5) is 12.4. The third-order valence-corrected chi connectivity index (χ3v) is 4.34. The predicted molar refractivity (Wildman–Crippen MR) is 119 cm³/mol. The van der Waals surface area contributed by atoms with Crippen molar-refractivity contribution in [1.82, 2.24) is 5.32 Å². The number of anilines is 1. The van der Waals surface area contributed by atoms with E-state index in [1.807, 2.05) is 30.3 Å². The van der Waals surface area contributed by atoms with Crippen LogP contribution in [0.15, 0.2) is 78.9 Å². The molecule has 1 amide bonds. The van der Waals surface area contributed by atoms with Crippen molar-refractivity contribution in [3.63, 3.8) is 0 Å². The van der Waals surface area contributed by atoms with Gasteiger partial charge in [0.1, 0.15) is 24.7 Å². The van der Waals surface area contributed by atoms with E-state index in [0.29, 0.717) is 12.4 Å². The van der Waals surface area contributed by atoms with E-state index in [0.717, 1.165) is 17.9 Å². The van der Waals surface area contributed by atoms with Gasteiger partial charge in [-0.1, -0.05) is 30.3 Å². The van der Waals surface area contributed by atoms with E-state index in [4.69, 9.17) is 21.7 Å². The molecule has 0 aliphatic heterocycles. The molecule has 0 aliphatic rings. The second-order valence-electron chi connectivity index (χ2n) is 6.52. The van der Waals surface area contributed by atoms with Gasteiger partial charge in [0.25, 0.3) is 5.91 Å². The van der Waals surface area contributed by atoms with Crippen LogP contribution < -0.4 is 20.1 Å². The maximum Gasteiger partial charge on any atom is 0.416 e. The van der Waals surface area contributed by atoms with Crippen LogP contribution in [-0.4, -0.2) is 24.2 Å². The van der Waals surface area contributed by atoms with Crippen LogP contribution in [0.5, 0.6) is 11.5 Å². The SMILES string of the molecule is O=C(NC(=S)Nc1cccc(C(F)(F)F)c1)c1cccc(OCCOc2ccccc2)c1. The van der Waals surface area contributed by atoms with E-state index in [1.54, 1.807) is 18.2 Å². The summed E-state index contributed by atoms with van der Waals surface area (Å²) < 4.78 is 49.6. The van der Waals surface area contributed by atoms with Gasteiger partial charge in [0.2, 0.25) is 0 Å². The van der Waals surface area contributed by atoms with Crippen molar-refractivity contribution < 1.29 is 27.4 Å². The monoisotopic (exact) mass is 460 g/mol. The fourth-order valence-electron chi connectivity index (χ4n) is 2.67. The molecule has 0 radical (unpaired) electrons. The normalized spacial score (nSPS) is 10.8. The van der Waals surface area contributed by atoms with Gasteiger partial charge in [0.05, 0.1) is 5.56 Å². The average Bonchev–Trinajstić information content (AvgIpc) is 2.77. The number of carbonyl (C=O) groups is 1. The Morgan fingerprint density at radius 1 is 0.844 bits per heavy atom. The molecule has 0 aliphatic carbocycles. The molecule has 2 N–H and O–H groups in total. The Morgan fingerprint density at radius 3 is 2.22 bits per heavy atom. The molecule has 0 saturated heterocycles. The number of hydrogen-bond donors (Lipinski definition) is 2. The second-order valence-corrected chi connectivity index (χ2v) is 6.93. The van der Waals surface area contributed by atoms with Gasteiger partial charge in [-0.3, -0.25) is 10.1 Å². The molecule has 9 heteroatoms. The fraction of sp³-hybridized carbons (Fsp3) is 0.130. The number of ether oxygens (including phenoxy) is 2. The third-order valence-electron chi connectivity index (χ3n) is 4.14. The summed E-state index contributed by atoms with van der Waals surface area (Å²) in [6, 6.07) is 20.2. The first kappa shape index (κ1) is 23.1. The molecular weight excluding hydrogens is 441 g/mol. The second kappa shape index (κ2) is 10.6. The molecule has 0 unspecified atom stereocenters. The Kier molecular flexibility index (Phi) is 7.67. The highest BCUT2D eigenvalue weighted by Gasteiger charge is 2.30. The van der Waals surface area contributed by atoms with E-state index in [2.05, 4.69) is 10.6 Å². The van der Waals surface area contributed by atoms with Crippen LogP contribution in [0.2, 0.25) is 0 Å². The van der Waals surface area contributed by atoms with Crippen LogP contribution in [0.25, 0.3) is 0 Å². The van der Waals surface area contributed by atoms with Gasteiger partial charge in [-0.05, 0) is 60.7 Å². The van der Waals surface area contributed by atoms with Crippen LogP contribution in [0.3, 0.4) is 0 Å². The first-order chi connectivity index (χ1) is 15.3. The zero-order chi connectivity index (χ0) is 23.0. The van der Waals surface area contributed by atoms with Crippen LogP contribution in [0.4, 0.5) is 18.9 Å². The Labute approximate surface area is 188 Å². The number of halogens is 3. The summed E-state index contributed by atoms with van der Waals surface area (Å²) in [5.41, 5.74) is -0.432. The van der Waals surface area contributed by atoms with E-state index >= 15 is 0 Å². The number of nitrogens with one attached hydrogen (secondary N) is 2. The van der Waals surface area contributed by atoms with E-state index < -0.39 is 17.6 Å². The molecule has 3 aromatic carbocycles. The molecule has 0 bridgehead atoms. The largest absolute Gasteiger partial charge is 0.490 e. The molecule has 0 spiro atoms. The maximum atomic E-state index is 12.8. The Balaban J connectivity index is 1.51. The average molecular weight is 460 g/mol. The zero-order valence-electron chi connectivity index (χ0n) is 16.7. The summed E-state index contributed by atoms with van der Waals surface area (Å²) in [5, 5.41) is 4.89. The molecule has 32 heavy (non-hydrogen) atoms. The van der Waals surface area contributed by atoms with Gasteiger partial charge in [-0.2, -0.15) is 13.2 Å². The highest BCUT2D eigenvalue weighted by Crippen LogP contribution is 2.30. The van der Waals surface area contributed by atoms with Crippen molar-refractivity contribution in [2.45, 2.75) is 6.18 Å². The molecule has 0 atom stereocenters. The van der Waals surface area contributed by atoms with Crippen LogP contribution >= 0.6 is 12.2 Å². The first-order valence-electron chi connectivity index (χ1n) is 9.51. The molecule has 3 rings (SSSR count). The van der Waals surface area contributed by atoms with Gasteiger partial charge in [-0.15, -0.1) is 0 Å². The van der Waals surface area contributed by atoms with Gasteiger partial charge in [0.15, 0.2) is 5.11 Å². The van der Waals surface area contributed by atoms with Crippen molar-refractivity contribution >= 4 is 28.9 Å². The van der Waals surface area contributed by atoms with E-state index in [1.165, 1.54) is 18.2 Å². The number of thiocarbonyl (C=S) groups is 1. The minimum absolute atomic E-state index is 0.112. The van der Waals surface area contributed by atoms with Gasteiger partial charge in [-0.25, -0.2) is 0 Å². The number of amides is 1. The highest BCUT2D eigenvalue weighted by molar-refractivity contribution is 7.80. The van der Waals surface area contributed by atoms with E-state index in [-0.39, 0.29) is 23.0 Å². The van der Waals surface area contributed by atoms with Crippen LogP contribution in [-0.2, 0) is 6.18 Å². The molecule has 0 saturated carbocycles. The smallest absolute Gasteiger partial charge is 0.416 e. The van der Waals surface area contributed by atoms with Crippen molar-refractivity contribution in [2.75, 3.05) is 18.5 Å². The van der Waals surface area contributed by atoms with Crippen LogP contribution in [0, 0.1) is 0 Å². The molecule has 5 nitrogen and oxygen atoms in total. The number of para-hydroxylation sites is 1. The van der Waals surface area contributed by atoms with Crippen molar-refractivity contribution in [2.24, 2.45) is 0 Å². The Morgan fingerprint density at radius 2 is 1.50 bits per heavy atom. The Hall–Kier alpha value is -3.59. The molecule has 0 aromatic heterocycles. The number of carbonyl (C=O) groups excluding carboxylic acids is 1. The number of hydrogen-bond acceptors (Lipinski definition) is 4. The Bertz CT molecular complexity index is 1080. The number of benzene rings is 3. The minimum Gasteiger partial charge on any atom is -0.490 e. The topological polar surface area (TPSA) is 59.6 Å². The summed E-state index contributed by atoms with van der Waals surface area (Å²) in [7, 11) is 0. The van der Waals surface area contributed by atoms with E-state index in [9.17, 15) is 18.0 Å². The fourth-order valence-corrected chi connectivity index (χ4v) is 2.88. The van der Waals surface area contributed by atoms with Crippen molar-refractivity contribution in [3.05, 3.63) is 90.0 Å². The van der Waals surface area contributed by atoms with Gasteiger partial charge < -0.3 is 14.8 Å².